The van der Waals surface area contributed by atoms with E-state index in [9.17, 15) is 9.59 Å². The Hall–Kier alpha value is -2.90. The van der Waals surface area contributed by atoms with Crippen molar-refractivity contribution in [2.75, 3.05) is 6.54 Å². The predicted octanol–water partition coefficient (Wildman–Crippen LogP) is 5.61. The summed E-state index contributed by atoms with van der Waals surface area (Å²) in [6.07, 6.45) is 3.12. The van der Waals surface area contributed by atoms with Gasteiger partial charge in [0.2, 0.25) is 0 Å². The van der Waals surface area contributed by atoms with Gasteiger partial charge >= 0.3 is 0 Å². The molecule has 0 aliphatic carbocycles. The highest BCUT2D eigenvalue weighted by Crippen LogP contribution is 2.27. The number of benzene rings is 2. The SMILES string of the molecule is Cc1ccc(-n2c(=O)c3c(n4ncc(CC(C)C)c24)CN(C(=O)c2ccc(Br)c(Cl)c2)CC3)cc1. The smallest absolute Gasteiger partial charge is 0.261 e. The maximum absolute atomic E-state index is 13.9. The molecule has 8 heteroatoms. The van der Waals surface area contributed by atoms with Gasteiger partial charge in [-0.1, -0.05) is 43.1 Å². The van der Waals surface area contributed by atoms with Crippen LogP contribution in [-0.2, 0) is 19.4 Å². The van der Waals surface area contributed by atoms with Gasteiger partial charge in [0, 0.05) is 27.7 Å². The lowest BCUT2D eigenvalue weighted by molar-refractivity contribution is 0.0729. The molecular formula is C27H26BrClN4O2. The summed E-state index contributed by atoms with van der Waals surface area (Å²) < 4.78 is 4.39. The molecule has 0 radical (unpaired) electrons. The van der Waals surface area contributed by atoms with E-state index in [1.165, 1.54) is 0 Å². The summed E-state index contributed by atoms with van der Waals surface area (Å²) in [5.41, 5.74) is 5.69. The molecule has 180 valence electrons. The molecule has 0 bridgehead atoms. The normalized spacial score (nSPS) is 13.5. The summed E-state index contributed by atoms with van der Waals surface area (Å²) in [5, 5.41) is 5.20. The Labute approximate surface area is 217 Å². The first kappa shape index (κ1) is 23.8. The zero-order valence-corrected chi connectivity index (χ0v) is 22.2. The van der Waals surface area contributed by atoms with Gasteiger partial charge in [-0.15, -0.1) is 0 Å². The molecule has 4 aromatic rings. The van der Waals surface area contributed by atoms with Crippen molar-refractivity contribution < 1.29 is 4.79 Å². The van der Waals surface area contributed by atoms with Crippen molar-refractivity contribution in [3.8, 4) is 5.69 Å². The van der Waals surface area contributed by atoms with Gasteiger partial charge in [0.1, 0.15) is 5.65 Å². The fourth-order valence-electron chi connectivity index (χ4n) is 4.72. The van der Waals surface area contributed by atoms with Gasteiger partial charge in [0.25, 0.3) is 11.5 Å². The molecule has 3 heterocycles. The minimum Gasteiger partial charge on any atom is -0.332 e. The van der Waals surface area contributed by atoms with Crippen LogP contribution in [0, 0.1) is 12.8 Å². The Morgan fingerprint density at radius 1 is 1.17 bits per heavy atom. The molecule has 0 N–H and O–H groups in total. The Kier molecular flexibility index (Phi) is 6.32. The second-order valence-electron chi connectivity index (χ2n) is 9.51. The third-order valence-corrected chi connectivity index (χ3v) is 7.67. The summed E-state index contributed by atoms with van der Waals surface area (Å²) >= 11 is 9.61. The van der Waals surface area contributed by atoms with Crippen molar-refractivity contribution in [3.05, 3.63) is 96.5 Å². The third kappa shape index (κ3) is 4.32. The first-order valence-electron chi connectivity index (χ1n) is 11.7. The average Bonchev–Trinajstić information content (AvgIpc) is 3.24. The number of carbonyl (C=O) groups is 1. The van der Waals surface area contributed by atoms with Gasteiger partial charge < -0.3 is 4.90 Å². The lowest BCUT2D eigenvalue weighted by Crippen LogP contribution is -2.41. The maximum atomic E-state index is 13.9. The molecule has 0 saturated heterocycles. The number of hydrogen-bond acceptors (Lipinski definition) is 3. The summed E-state index contributed by atoms with van der Waals surface area (Å²) in [5.74, 6) is 0.288. The van der Waals surface area contributed by atoms with Crippen LogP contribution in [0.5, 0.6) is 0 Å². The summed E-state index contributed by atoms with van der Waals surface area (Å²) in [7, 11) is 0. The second kappa shape index (κ2) is 9.28. The van der Waals surface area contributed by atoms with Crippen LogP contribution in [0.2, 0.25) is 5.02 Å². The molecule has 0 fully saturated rings. The number of nitrogens with zero attached hydrogens (tertiary/aromatic N) is 4. The van der Waals surface area contributed by atoms with E-state index >= 15 is 0 Å². The van der Waals surface area contributed by atoms with E-state index < -0.39 is 0 Å². The molecule has 5 rings (SSSR count). The van der Waals surface area contributed by atoms with Gasteiger partial charge in [0.05, 0.1) is 29.1 Å². The minimum absolute atomic E-state index is 0.0411. The largest absolute Gasteiger partial charge is 0.332 e. The molecule has 1 aliphatic rings. The van der Waals surface area contributed by atoms with Gasteiger partial charge in [-0.25, -0.2) is 4.52 Å². The fourth-order valence-corrected chi connectivity index (χ4v) is 5.14. The zero-order valence-electron chi connectivity index (χ0n) is 19.9. The average molecular weight is 554 g/mol. The van der Waals surface area contributed by atoms with Gasteiger partial charge in [0.15, 0.2) is 0 Å². The molecule has 2 aromatic heterocycles. The van der Waals surface area contributed by atoms with Gasteiger partial charge in [-0.05, 0) is 71.9 Å². The Morgan fingerprint density at radius 2 is 1.91 bits per heavy atom. The van der Waals surface area contributed by atoms with Crippen molar-refractivity contribution >= 4 is 39.1 Å². The highest BCUT2D eigenvalue weighted by molar-refractivity contribution is 9.10. The second-order valence-corrected chi connectivity index (χ2v) is 10.8. The fraction of sp³-hybridized carbons (Fsp3) is 0.296. The number of halogens is 2. The van der Waals surface area contributed by atoms with Crippen molar-refractivity contribution in [3.63, 3.8) is 0 Å². The van der Waals surface area contributed by atoms with Crippen LogP contribution < -0.4 is 5.56 Å². The molecule has 0 spiro atoms. The van der Waals surface area contributed by atoms with Crippen LogP contribution in [0.1, 0.15) is 46.6 Å². The summed E-state index contributed by atoms with van der Waals surface area (Å²) in [6, 6.07) is 13.2. The quantitative estimate of drug-likeness (QED) is 0.330. The molecule has 0 saturated carbocycles. The van der Waals surface area contributed by atoms with Crippen LogP contribution in [0.4, 0.5) is 0 Å². The van der Waals surface area contributed by atoms with Gasteiger partial charge in [-0.3, -0.25) is 14.2 Å². The van der Waals surface area contributed by atoms with Crippen molar-refractivity contribution in [1.82, 2.24) is 19.1 Å². The molecule has 35 heavy (non-hydrogen) atoms. The first-order valence-corrected chi connectivity index (χ1v) is 12.9. The molecule has 1 amide bonds. The van der Waals surface area contributed by atoms with E-state index in [0.717, 1.165) is 39.0 Å². The van der Waals surface area contributed by atoms with Crippen LogP contribution in [0.25, 0.3) is 11.3 Å². The molecule has 1 aliphatic heterocycles. The molecule has 0 atom stereocenters. The number of carbonyl (C=O) groups excluding carboxylic acids is 1. The summed E-state index contributed by atoms with van der Waals surface area (Å²) in [6.45, 7) is 7.10. The number of aromatic nitrogens is 3. The van der Waals surface area contributed by atoms with Crippen molar-refractivity contribution in [2.24, 2.45) is 5.92 Å². The zero-order chi connectivity index (χ0) is 24.9. The molecular weight excluding hydrogens is 528 g/mol. The van der Waals surface area contributed by atoms with E-state index in [2.05, 4.69) is 29.8 Å². The summed E-state index contributed by atoms with van der Waals surface area (Å²) in [4.78, 5) is 28.9. The van der Waals surface area contributed by atoms with Crippen LogP contribution in [0.15, 0.2) is 57.9 Å². The number of aryl methyl sites for hydroxylation is 1. The predicted molar refractivity (Wildman–Crippen MR) is 142 cm³/mol. The number of rotatable bonds is 4. The van der Waals surface area contributed by atoms with Gasteiger partial charge in [-0.2, -0.15) is 5.10 Å². The Bertz CT molecular complexity index is 1500. The molecule has 6 nitrogen and oxygen atoms in total. The first-order chi connectivity index (χ1) is 16.7. The number of amides is 1. The Morgan fingerprint density at radius 3 is 2.60 bits per heavy atom. The van der Waals surface area contributed by atoms with E-state index in [1.807, 2.05) is 41.9 Å². The standard InChI is InChI=1S/C27H26BrClN4O2/c1-16(2)12-19-14-30-33-24-15-31(26(34)18-6-9-22(28)23(29)13-18)11-10-21(24)27(35)32(25(19)33)20-7-4-17(3)5-8-20/h4-9,13-14,16H,10-12,15H2,1-3H3. The van der Waals surface area contributed by atoms with Crippen molar-refractivity contribution in [1.29, 1.82) is 0 Å². The third-order valence-electron chi connectivity index (χ3n) is 6.44. The highest BCUT2D eigenvalue weighted by atomic mass is 79.9. The van der Waals surface area contributed by atoms with Crippen LogP contribution in [0.3, 0.4) is 0 Å². The van der Waals surface area contributed by atoms with Crippen LogP contribution >= 0.6 is 27.5 Å². The topological polar surface area (TPSA) is 59.6 Å². The van der Waals surface area contributed by atoms with E-state index in [0.29, 0.717) is 41.6 Å². The highest BCUT2D eigenvalue weighted by Gasteiger charge is 2.29. The molecule has 0 unspecified atom stereocenters. The van der Waals surface area contributed by atoms with E-state index in [-0.39, 0.29) is 11.5 Å². The molecule has 2 aromatic carbocycles. The number of fused-ring (bicyclic) bond motifs is 3. The van der Waals surface area contributed by atoms with E-state index in [4.69, 9.17) is 16.7 Å². The lowest BCUT2D eigenvalue weighted by atomic mass is 10.0. The number of hydrogen-bond donors (Lipinski definition) is 0. The monoisotopic (exact) mass is 552 g/mol. The Balaban J connectivity index is 1.65. The van der Waals surface area contributed by atoms with Crippen molar-refractivity contribution in [2.45, 2.75) is 40.2 Å². The lowest BCUT2D eigenvalue weighted by Gasteiger charge is -2.30. The van der Waals surface area contributed by atoms with Crippen LogP contribution in [-0.4, -0.2) is 31.5 Å². The van der Waals surface area contributed by atoms with E-state index in [1.54, 1.807) is 27.7 Å². The maximum Gasteiger partial charge on any atom is 0.261 e. The minimum atomic E-state index is -0.115.